The van der Waals surface area contributed by atoms with Gasteiger partial charge in [-0.15, -0.1) is 0 Å². The van der Waals surface area contributed by atoms with Gasteiger partial charge in [-0.3, -0.25) is 0 Å². The van der Waals surface area contributed by atoms with E-state index >= 15 is 0 Å². The van der Waals surface area contributed by atoms with E-state index in [-0.39, 0.29) is 17.6 Å². The van der Waals surface area contributed by atoms with Crippen LogP contribution in [0.15, 0.2) is 42.5 Å². The first-order chi connectivity index (χ1) is 12.8. The number of hydrogen-bond donors (Lipinski definition) is 1. The van der Waals surface area contributed by atoms with Crippen LogP contribution < -0.4 is 9.46 Å². The lowest BCUT2D eigenvalue weighted by molar-refractivity contribution is -0.137. The van der Waals surface area contributed by atoms with E-state index in [1.54, 1.807) is 0 Å². The molecule has 1 saturated carbocycles. The highest BCUT2D eigenvalue weighted by Crippen LogP contribution is 2.36. The van der Waals surface area contributed by atoms with E-state index in [9.17, 15) is 17.4 Å². The molecule has 7 heteroatoms. The summed E-state index contributed by atoms with van der Waals surface area (Å²) in [4.78, 5) is 0. The zero-order valence-corrected chi connectivity index (χ0v) is 15.8. The zero-order valence-electron chi connectivity index (χ0n) is 15.0. The summed E-state index contributed by atoms with van der Waals surface area (Å²) in [6, 6.07) is 10.8. The minimum atomic E-state index is -4.47. The molecule has 1 N–H and O–H groups in total. The first-order valence-corrected chi connectivity index (χ1v) is 10.1. The third-order valence-corrected chi connectivity index (χ3v) is 6.14. The summed E-state index contributed by atoms with van der Waals surface area (Å²) in [7, 11) is -1.35. The van der Waals surface area contributed by atoms with Crippen LogP contribution in [-0.4, -0.2) is 9.46 Å². The van der Waals surface area contributed by atoms with Crippen LogP contribution in [0, 0.1) is 6.92 Å². The van der Waals surface area contributed by atoms with Crippen molar-refractivity contribution in [1.82, 2.24) is 0 Å². The number of nitrogens with one attached hydrogen (secondary N) is 1. The van der Waals surface area contributed by atoms with Gasteiger partial charge in [0.05, 0.1) is 16.5 Å². The molecule has 3 nitrogen and oxygen atoms in total. The smallest absolute Gasteiger partial charge is 0.416 e. The summed E-state index contributed by atoms with van der Waals surface area (Å²) in [5.41, 5.74) is 1.46. The molecule has 0 bridgehead atoms. The fraction of sp³-hybridized carbons (Fsp3) is 0.400. The van der Waals surface area contributed by atoms with Gasteiger partial charge in [-0.25, -0.2) is 4.21 Å². The predicted molar refractivity (Wildman–Crippen MR) is 101 cm³/mol. The lowest BCUT2D eigenvalue weighted by Gasteiger charge is -2.17. The molecule has 1 fully saturated rings. The Morgan fingerprint density at radius 3 is 2.41 bits per heavy atom. The number of ether oxygens (including phenoxy) is 1. The molecule has 0 amide bonds. The van der Waals surface area contributed by atoms with Gasteiger partial charge >= 0.3 is 6.18 Å². The first kappa shape index (κ1) is 19.7. The van der Waals surface area contributed by atoms with Gasteiger partial charge in [-0.05, 0) is 43.5 Å². The van der Waals surface area contributed by atoms with Crippen LogP contribution in [0.1, 0.15) is 42.4 Å². The van der Waals surface area contributed by atoms with Crippen LogP contribution in [0.4, 0.5) is 18.9 Å². The molecule has 1 aliphatic rings. The van der Waals surface area contributed by atoms with E-state index in [0.717, 1.165) is 48.9 Å². The van der Waals surface area contributed by atoms with Crippen LogP contribution >= 0.6 is 0 Å². The Labute approximate surface area is 159 Å². The van der Waals surface area contributed by atoms with Gasteiger partial charge in [0.1, 0.15) is 23.3 Å². The summed E-state index contributed by atoms with van der Waals surface area (Å²) < 4.78 is 60.2. The van der Waals surface area contributed by atoms with E-state index in [4.69, 9.17) is 4.74 Å². The number of halogens is 3. The standard InChI is InChI=1S/C20H22F3NO2S/c1-14-6-8-15(9-7-14)13-26-19-12-16(20(21,22)23)10-11-18(19)24-27(25)17-4-2-3-5-17/h6-12,17,24H,2-5,13H2,1H3. The molecule has 27 heavy (non-hydrogen) atoms. The Morgan fingerprint density at radius 2 is 1.78 bits per heavy atom. The van der Waals surface area contributed by atoms with Crippen molar-refractivity contribution >= 4 is 16.7 Å². The molecule has 0 aliphatic heterocycles. The van der Waals surface area contributed by atoms with Crippen molar-refractivity contribution < 1.29 is 22.1 Å². The fourth-order valence-corrected chi connectivity index (χ4v) is 4.36. The number of benzene rings is 2. The van der Waals surface area contributed by atoms with Crippen LogP contribution in [0.25, 0.3) is 0 Å². The van der Waals surface area contributed by atoms with Gasteiger partial charge in [0.2, 0.25) is 0 Å². The van der Waals surface area contributed by atoms with Crippen LogP contribution in [0.5, 0.6) is 5.75 Å². The highest BCUT2D eigenvalue weighted by molar-refractivity contribution is 7.87. The van der Waals surface area contributed by atoms with Crippen molar-refractivity contribution in [2.45, 2.75) is 50.6 Å². The summed E-state index contributed by atoms with van der Waals surface area (Å²) in [5.74, 6) is 0.0525. The average molecular weight is 397 g/mol. The third-order valence-electron chi connectivity index (χ3n) is 4.64. The van der Waals surface area contributed by atoms with Gasteiger partial charge in [-0.1, -0.05) is 42.7 Å². The predicted octanol–water partition coefficient (Wildman–Crippen LogP) is 5.61. The van der Waals surface area contributed by atoms with Crippen molar-refractivity contribution in [1.29, 1.82) is 0 Å². The van der Waals surface area contributed by atoms with Crippen LogP contribution in [-0.2, 0) is 23.8 Å². The van der Waals surface area contributed by atoms with E-state index in [2.05, 4.69) is 4.72 Å². The highest BCUT2D eigenvalue weighted by atomic mass is 32.2. The molecule has 146 valence electrons. The second-order valence-electron chi connectivity index (χ2n) is 6.79. The molecular weight excluding hydrogens is 375 g/mol. The van der Waals surface area contributed by atoms with Gasteiger partial charge in [0.15, 0.2) is 0 Å². The third kappa shape index (κ3) is 5.25. The fourth-order valence-electron chi connectivity index (χ4n) is 3.04. The zero-order chi connectivity index (χ0) is 19.4. The topological polar surface area (TPSA) is 38.3 Å². The minimum absolute atomic E-state index is 0.0252. The lowest BCUT2D eigenvalue weighted by Crippen LogP contribution is -2.18. The summed E-state index contributed by atoms with van der Waals surface area (Å²) in [5, 5.41) is 0.0252. The number of aryl methyl sites for hydroxylation is 1. The van der Waals surface area contributed by atoms with Crippen LogP contribution in [0.3, 0.4) is 0 Å². The maximum atomic E-state index is 13.1. The van der Waals surface area contributed by atoms with Gasteiger partial charge in [-0.2, -0.15) is 13.2 Å². The molecule has 1 atom stereocenters. The maximum absolute atomic E-state index is 13.1. The molecule has 1 unspecified atom stereocenters. The largest absolute Gasteiger partial charge is 0.487 e. The number of alkyl halides is 3. The molecular formula is C20H22F3NO2S. The molecule has 0 aromatic heterocycles. The molecule has 3 rings (SSSR count). The monoisotopic (exact) mass is 397 g/mol. The normalized spacial score (nSPS) is 16.3. The van der Waals surface area contributed by atoms with Crippen LogP contribution in [0.2, 0.25) is 0 Å². The minimum Gasteiger partial charge on any atom is -0.487 e. The van der Waals surface area contributed by atoms with Gasteiger partial charge in [0.25, 0.3) is 0 Å². The van der Waals surface area contributed by atoms with Crippen molar-refractivity contribution in [2.75, 3.05) is 4.72 Å². The maximum Gasteiger partial charge on any atom is 0.416 e. The van der Waals surface area contributed by atoms with Crippen molar-refractivity contribution in [3.05, 3.63) is 59.2 Å². The summed E-state index contributed by atoms with van der Waals surface area (Å²) >= 11 is 0. The Bertz CT molecular complexity index is 800. The van der Waals surface area contributed by atoms with Crippen molar-refractivity contribution in [3.8, 4) is 5.75 Å². The highest BCUT2D eigenvalue weighted by Gasteiger charge is 2.32. The van der Waals surface area contributed by atoms with Gasteiger partial charge in [0, 0.05) is 0 Å². The van der Waals surface area contributed by atoms with Crippen molar-refractivity contribution in [3.63, 3.8) is 0 Å². The molecule has 0 spiro atoms. The van der Waals surface area contributed by atoms with Gasteiger partial charge < -0.3 is 9.46 Å². The Kier molecular flexibility index (Phi) is 6.09. The number of rotatable bonds is 6. The van der Waals surface area contributed by atoms with Crippen molar-refractivity contribution in [2.24, 2.45) is 0 Å². The second-order valence-corrected chi connectivity index (χ2v) is 8.25. The number of anilines is 1. The Balaban J connectivity index is 1.80. The van der Waals surface area contributed by atoms with E-state index in [1.165, 1.54) is 6.07 Å². The van der Waals surface area contributed by atoms with E-state index in [1.807, 2.05) is 31.2 Å². The molecule has 0 radical (unpaired) electrons. The summed E-state index contributed by atoms with van der Waals surface area (Å²) in [6.07, 6.45) is -0.686. The molecule has 0 heterocycles. The quantitative estimate of drug-likeness (QED) is 0.688. The molecule has 0 saturated heterocycles. The second kappa shape index (κ2) is 8.33. The first-order valence-electron chi connectivity index (χ1n) is 8.90. The Hall–Kier alpha value is -2.02. The molecule has 2 aromatic carbocycles. The number of hydrogen-bond acceptors (Lipinski definition) is 2. The SMILES string of the molecule is Cc1ccc(COc2cc(C(F)(F)F)ccc2NS(=O)C2CCCC2)cc1. The van der Waals surface area contributed by atoms with E-state index in [0.29, 0.717) is 5.69 Å². The average Bonchev–Trinajstić information content (AvgIpc) is 3.16. The summed E-state index contributed by atoms with van der Waals surface area (Å²) in [6.45, 7) is 2.09. The molecule has 1 aliphatic carbocycles. The Morgan fingerprint density at radius 1 is 1.11 bits per heavy atom. The molecule has 2 aromatic rings. The van der Waals surface area contributed by atoms with E-state index < -0.39 is 22.7 Å². The lowest BCUT2D eigenvalue weighted by atomic mass is 10.1.